The highest BCUT2D eigenvalue weighted by Gasteiger charge is 2.25. The molecule has 8 heteroatoms. The van der Waals surface area contributed by atoms with Gasteiger partial charge in [-0.25, -0.2) is 14.2 Å². The number of carboxylic acid groups (broad SMARTS) is 1. The zero-order valence-electron chi connectivity index (χ0n) is 11.5. The van der Waals surface area contributed by atoms with Gasteiger partial charge in [-0.2, -0.15) is 0 Å². The van der Waals surface area contributed by atoms with E-state index in [-0.39, 0.29) is 32.1 Å². The van der Waals surface area contributed by atoms with Gasteiger partial charge in [-0.05, 0) is 26.0 Å². The number of carboxylic acids is 1. The predicted octanol–water partition coefficient (Wildman–Crippen LogP) is 4.61. The molecule has 1 aromatic heterocycles. The Bertz CT molecular complexity index is 795. The summed E-state index contributed by atoms with van der Waals surface area (Å²) in [4.78, 5) is 27.7. The molecule has 116 valence electrons. The van der Waals surface area contributed by atoms with Crippen LogP contribution in [0.1, 0.15) is 34.6 Å². The summed E-state index contributed by atoms with van der Waals surface area (Å²) in [6.07, 6.45) is 0. The molecule has 2 rings (SSSR count). The maximum atomic E-state index is 13.7. The summed E-state index contributed by atoms with van der Waals surface area (Å²) < 4.78 is 13.2. The number of Topliss-reactive ketones (excluding diaryl/α,β-unsaturated/α-hetero) is 1. The number of carbonyl (C=O) groups excluding carboxylic acids is 1. The van der Waals surface area contributed by atoms with Crippen LogP contribution >= 0.6 is 35.0 Å². The number of benzene rings is 1. The molecule has 0 aliphatic carbocycles. The Morgan fingerprint density at radius 1 is 1.36 bits per heavy atom. The van der Waals surface area contributed by atoms with Crippen molar-refractivity contribution >= 4 is 57.6 Å². The van der Waals surface area contributed by atoms with Gasteiger partial charge in [0.2, 0.25) is 0 Å². The van der Waals surface area contributed by atoms with Crippen LogP contribution in [0, 0.1) is 5.82 Å². The van der Waals surface area contributed by atoms with Crippen LogP contribution in [0.2, 0.25) is 5.02 Å². The van der Waals surface area contributed by atoms with E-state index in [0.29, 0.717) is 0 Å². The van der Waals surface area contributed by atoms with Crippen LogP contribution in [-0.4, -0.2) is 26.6 Å². The van der Waals surface area contributed by atoms with Gasteiger partial charge in [-0.1, -0.05) is 23.4 Å². The Morgan fingerprint density at radius 2 is 2.00 bits per heavy atom. The number of aromatic carboxylic acids is 1. The molecule has 0 spiro atoms. The van der Waals surface area contributed by atoms with Crippen molar-refractivity contribution in [3.05, 3.63) is 34.1 Å². The molecule has 0 fully saturated rings. The first kappa shape index (κ1) is 17.0. The molecular weight excluding hydrogens is 352 g/mol. The predicted molar refractivity (Wildman–Crippen MR) is 84.8 cm³/mol. The Balaban J connectivity index is 2.95. The molecule has 0 aliphatic heterocycles. The average Bonchev–Trinajstić information content (AvgIpc) is 2.38. The molecule has 0 amide bonds. The van der Waals surface area contributed by atoms with Crippen molar-refractivity contribution in [2.75, 3.05) is 0 Å². The molecule has 22 heavy (non-hydrogen) atoms. The van der Waals surface area contributed by atoms with Crippen molar-refractivity contribution in [1.29, 1.82) is 0 Å². The van der Waals surface area contributed by atoms with Crippen molar-refractivity contribution in [2.24, 2.45) is 0 Å². The van der Waals surface area contributed by atoms with E-state index in [9.17, 15) is 19.1 Å². The summed E-state index contributed by atoms with van der Waals surface area (Å²) in [5, 5.41) is 9.47. The fraction of sp³-hybridized carbons (Fsp3) is 0.214. The molecule has 0 saturated carbocycles. The standard InChI is InChI=1S/C14H10Cl2FNO3S/c1-5(19)11-7-3-9(17)8(16)4-10(7)18-13(22-6(2)15)12(11)14(20)21/h3-4,6H,1-2H3,(H,20,21). The number of rotatable bonds is 4. The monoisotopic (exact) mass is 361 g/mol. The minimum Gasteiger partial charge on any atom is -0.478 e. The molecule has 1 atom stereocenters. The van der Waals surface area contributed by atoms with Gasteiger partial charge >= 0.3 is 5.97 Å². The van der Waals surface area contributed by atoms with E-state index in [0.717, 1.165) is 17.8 Å². The van der Waals surface area contributed by atoms with E-state index in [4.69, 9.17) is 23.2 Å². The molecule has 0 saturated heterocycles. The Kier molecular flexibility index (Phi) is 4.94. The number of nitrogens with zero attached hydrogens (tertiary/aromatic N) is 1. The van der Waals surface area contributed by atoms with Crippen molar-refractivity contribution < 1.29 is 19.1 Å². The fourth-order valence-corrected chi connectivity index (χ4v) is 3.22. The highest BCUT2D eigenvalue weighted by atomic mass is 35.5. The number of thioether (sulfide) groups is 1. The molecule has 4 nitrogen and oxygen atoms in total. The molecule has 2 aromatic rings. The third-order valence-corrected chi connectivity index (χ3v) is 4.23. The van der Waals surface area contributed by atoms with E-state index in [2.05, 4.69) is 4.98 Å². The van der Waals surface area contributed by atoms with Gasteiger partial charge in [0.15, 0.2) is 5.78 Å². The average molecular weight is 362 g/mol. The lowest BCUT2D eigenvalue weighted by Gasteiger charge is -2.13. The third-order valence-electron chi connectivity index (χ3n) is 2.83. The second-order valence-electron chi connectivity index (χ2n) is 4.47. The first-order chi connectivity index (χ1) is 10.2. The smallest absolute Gasteiger partial charge is 0.339 e. The Hall–Kier alpha value is -1.37. The quantitative estimate of drug-likeness (QED) is 0.489. The zero-order valence-corrected chi connectivity index (χ0v) is 13.8. The number of fused-ring (bicyclic) bond motifs is 1. The largest absolute Gasteiger partial charge is 0.478 e. The summed E-state index contributed by atoms with van der Waals surface area (Å²) in [6, 6.07) is 2.28. The second kappa shape index (κ2) is 6.40. The molecule has 1 unspecified atom stereocenters. The van der Waals surface area contributed by atoms with E-state index in [1.807, 2.05) is 0 Å². The Labute approximate surface area is 139 Å². The van der Waals surface area contributed by atoms with Crippen LogP contribution < -0.4 is 0 Å². The molecule has 1 aromatic carbocycles. The number of aromatic nitrogens is 1. The summed E-state index contributed by atoms with van der Waals surface area (Å²) in [5.41, 5.74) is -0.145. The van der Waals surface area contributed by atoms with Crippen LogP contribution in [0.3, 0.4) is 0 Å². The number of hydrogen-bond acceptors (Lipinski definition) is 4. The van der Waals surface area contributed by atoms with Crippen molar-refractivity contribution in [3.63, 3.8) is 0 Å². The molecule has 0 radical (unpaired) electrons. The molecule has 1 N–H and O–H groups in total. The number of hydrogen-bond donors (Lipinski definition) is 1. The van der Waals surface area contributed by atoms with Crippen molar-refractivity contribution in [2.45, 2.75) is 23.6 Å². The van der Waals surface area contributed by atoms with E-state index in [1.54, 1.807) is 6.92 Å². The van der Waals surface area contributed by atoms with Gasteiger partial charge in [0.1, 0.15) is 16.4 Å². The normalized spacial score (nSPS) is 12.4. The number of carbonyl (C=O) groups is 2. The summed E-state index contributed by atoms with van der Waals surface area (Å²) in [7, 11) is 0. The first-order valence-corrected chi connectivity index (χ1v) is 7.79. The lowest BCUT2D eigenvalue weighted by Crippen LogP contribution is -2.11. The maximum Gasteiger partial charge on any atom is 0.339 e. The molecular formula is C14H10Cl2FNO3S. The van der Waals surface area contributed by atoms with Crippen LogP contribution in [-0.2, 0) is 0 Å². The topological polar surface area (TPSA) is 67.3 Å². The molecule has 0 bridgehead atoms. The number of halogens is 3. The maximum absolute atomic E-state index is 13.7. The summed E-state index contributed by atoms with van der Waals surface area (Å²) in [6.45, 7) is 2.86. The van der Waals surface area contributed by atoms with E-state index >= 15 is 0 Å². The second-order valence-corrected chi connectivity index (χ2v) is 7.12. The molecule has 0 aliphatic rings. The van der Waals surface area contributed by atoms with Crippen LogP contribution in [0.15, 0.2) is 17.2 Å². The number of ketones is 1. The first-order valence-electron chi connectivity index (χ1n) is 6.10. The van der Waals surface area contributed by atoms with Crippen molar-refractivity contribution in [1.82, 2.24) is 4.98 Å². The minimum absolute atomic E-state index is 0.0929. The van der Waals surface area contributed by atoms with Gasteiger partial charge in [-0.3, -0.25) is 4.79 Å². The molecule has 1 heterocycles. The lowest BCUT2D eigenvalue weighted by atomic mass is 10.0. The minimum atomic E-state index is -1.32. The highest BCUT2D eigenvalue weighted by molar-refractivity contribution is 8.01. The van der Waals surface area contributed by atoms with Gasteiger partial charge in [0.05, 0.1) is 15.2 Å². The summed E-state index contributed by atoms with van der Waals surface area (Å²) >= 11 is 12.6. The van der Waals surface area contributed by atoms with Crippen LogP contribution in [0.25, 0.3) is 10.9 Å². The number of alkyl halides is 1. The van der Waals surface area contributed by atoms with Crippen molar-refractivity contribution in [3.8, 4) is 0 Å². The van der Waals surface area contributed by atoms with Gasteiger partial charge in [0, 0.05) is 10.9 Å². The van der Waals surface area contributed by atoms with Crippen LogP contribution in [0.5, 0.6) is 0 Å². The van der Waals surface area contributed by atoms with Gasteiger partial charge in [-0.15, -0.1) is 11.6 Å². The van der Waals surface area contributed by atoms with E-state index < -0.39 is 22.3 Å². The fourth-order valence-electron chi connectivity index (χ4n) is 2.04. The van der Waals surface area contributed by atoms with E-state index in [1.165, 1.54) is 13.0 Å². The zero-order chi connectivity index (χ0) is 16.6. The van der Waals surface area contributed by atoms with Gasteiger partial charge < -0.3 is 5.11 Å². The SMILES string of the molecule is CC(=O)c1c(C(=O)O)c(SC(C)Cl)nc2cc(Cl)c(F)cc12. The highest BCUT2D eigenvalue weighted by Crippen LogP contribution is 2.34. The van der Waals surface area contributed by atoms with Gasteiger partial charge in [0.25, 0.3) is 0 Å². The lowest BCUT2D eigenvalue weighted by molar-refractivity contribution is 0.0688. The Morgan fingerprint density at radius 3 is 2.50 bits per heavy atom. The number of pyridine rings is 1. The summed E-state index contributed by atoms with van der Waals surface area (Å²) in [5.74, 6) is -2.58. The van der Waals surface area contributed by atoms with Crippen LogP contribution in [0.4, 0.5) is 4.39 Å². The third kappa shape index (κ3) is 3.19.